The van der Waals surface area contributed by atoms with E-state index in [1.807, 2.05) is 0 Å². The minimum Gasteiger partial charge on any atom is -0.495 e. The number of methoxy groups -OCH3 is 1. The van der Waals surface area contributed by atoms with Gasteiger partial charge in [0.05, 0.1) is 17.7 Å². The lowest BCUT2D eigenvalue weighted by Crippen LogP contribution is -2.14. The summed E-state index contributed by atoms with van der Waals surface area (Å²) in [6, 6.07) is 7.98. The third-order valence-electron chi connectivity index (χ3n) is 3.84. The summed E-state index contributed by atoms with van der Waals surface area (Å²) < 4.78 is 60.6. The largest absolute Gasteiger partial charge is 0.495 e. The van der Waals surface area contributed by atoms with Gasteiger partial charge in [-0.15, -0.1) is 0 Å². The highest BCUT2D eigenvalue weighted by molar-refractivity contribution is 7.89. The number of primary sulfonamides is 1. The molecule has 10 heteroatoms. The van der Waals surface area contributed by atoms with E-state index in [4.69, 9.17) is 26.0 Å². The van der Waals surface area contributed by atoms with Crippen molar-refractivity contribution in [1.82, 2.24) is 5.16 Å². The molecule has 2 N–H and O–H groups in total. The molecular formula is C17H13ClF2N2O4S. The van der Waals surface area contributed by atoms with Gasteiger partial charge in [-0.05, 0) is 29.8 Å². The minimum absolute atomic E-state index is 0.137. The summed E-state index contributed by atoms with van der Waals surface area (Å²) in [5.41, 5.74) is 1.07. The fourth-order valence-electron chi connectivity index (χ4n) is 2.60. The van der Waals surface area contributed by atoms with Crippen LogP contribution in [0.2, 0.25) is 5.02 Å². The standard InChI is InChI=1S/C17H13ClF2N2O4S/c1-25-13-7-10(2-4-11(13)18)17-16(14(8-19)26-22-17)9-3-5-15(12(20)6-9)27(21,23)24/h2-7H,8H2,1H3,(H2,21,23,24). The molecule has 0 saturated heterocycles. The number of benzene rings is 2. The van der Waals surface area contributed by atoms with Crippen LogP contribution in [0.1, 0.15) is 5.76 Å². The van der Waals surface area contributed by atoms with Crippen molar-refractivity contribution in [2.45, 2.75) is 11.6 Å². The average Bonchev–Trinajstić information content (AvgIpc) is 3.05. The van der Waals surface area contributed by atoms with E-state index in [1.165, 1.54) is 13.2 Å². The maximum absolute atomic E-state index is 14.2. The Balaban J connectivity index is 2.20. The van der Waals surface area contributed by atoms with Crippen LogP contribution >= 0.6 is 11.6 Å². The highest BCUT2D eigenvalue weighted by Crippen LogP contribution is 2.38. The second-order valence-corrected chi connectivity index (χ2v) is 7.44. The molecule has 142 valence electrons. The lowest BCUT2D eigenvalue weighted by atomic mass is 9.99. The van der Waals surface area contributed by atoms with Crippen LogP contribution in [0.3, 0.4) is 0 Å². The molecule has 3 rings (SSSR count). The van der Waals surface area contributed by atoms with Gasteiger partial charge in [0, 0.05) is 5.56 Å². The molecule has 6 nitrogen and oxygen atoms in total. The van der Waals surface area contributed by atoms with Gasteiger partial charge >= 0.3 is 0 Å². The Hall–Kier alpha value is -2.49. The van der Waals surface area contributed by atoms with Crippen LogP contribution in [0, 0.1) is 5.82 Å². The zero-order valence-corrected chi connectivity index (χ0v) is 15.4. The Labute approximate surface area is 158 Å². The number of halogens is 3. The Morgan fingerprint density at radius 3 is 2.52 bits per heavy atom. The predicted octanol–water partition coefficient (Wildman–Crippen LogP) is 3.93. The number of ether oxygens (including phenoxy) is 1. The van der Waals surface area contributed by atoms with E-state index < -0.39 is 27.4 Å². The predicted molar refractivity (Wildman–Crippen MR) is 95.1 cm³/mol. The van der Waals surface area contributed by atoms with Crippen LogP contribution in [0.4, 0.5) is 8.78 Å². The second kappa shape index (κ2) is 7.26. The number of rotatable bonds is 5. The van der Waals surface area contributed by atoms with Gasteiger partial charge in [-0.3, -0.25) is 0 Å². The maximum atomic E-state index is 14.2. The Morgan fingerprint density at radius 2 is 1.93 bits per heavy atom. The Kier molecular flexibility index (Phi) is 5.18. The van der Waals surface area contributed by atoms with Crippen LogP contribution < -0.4 is 9.88 Å². The van der Waals surface area contributed by atoms with Crippen molar-refractivity contribution < 1.29 is 26.5 Å². The molecule has 0 atom stereocenters. The third-order valence-corrected chi connectivity index (χ3v) is 5.09. The zero-order chi connectivity index (χ0) is 19.8. The molecule has 1 aromatic heterocycles. The van der Waals surface area contributed by atoms with Crippen molar-refractivity contribution >= 4 is 21.6 Å². The summed E-state index contributed by atoms with van der Waals surface area (Å²) in [4.78, 5) is -0.667. The van der Waals surface area contributed by atoms with Crippen LogP contribution in [-0.2, 0) is 16.7 Å². The molecule has 0 aliphatic rings. The molecule has 0 unspecified atom stereocenters. The van der Waals surface area contributed by atoms with Crippen molar-refractivity contribution in [3.05, 3.63) is 53.0 Å². The molecule has 2 aromatic carbocycles. The van der Waals surface area contributed by atoms with E-state index in [0.29, 0.717) is 16.3 Å². The highest BCUT2D eigenvalue weighted by atomic mass is 35.5. The van der Waals surface area contributed by atoms with Crippen LogP contribution in [0.25, 0.3) is 22.4 Å². The average molecular weight is 415 g/mol. The molecule has 0 bridgehead atoms. The smallest absolute Gasteiger partial charge is 0.240 e. The molecule has 0 fully saturated rings. The van der Waals surface area contributed by atoms with Gasteiger partial charge in [0.1, 0.15) is 22.2 Å². The second-order valence-electron chi connectivity index (χ2n) is 5.50. The number of hydrogen-bond acceptors (Lipinski definition) is 5. The lowest BCUT2D eigenvalue weighted by Gasteiger charge is -2.08. The first-order valence-corrected chi connectivity index (χ1v) is 9.39. The Bertz CT molecular complexity index is 1120. The van der Waals surface area contributed by atoms with Crippen molar-refractivity contribution in [2.75, 3.05) is 7.11 Å². The van der Waals surface area contributed by atoms with Gasteiger partial charge < -0.3 is 9.26 Å². The fourth-order valence-corrected chi connectivity index (χ4v) is 3.39. The molecule has 0 aliphatic heterocycles. The zero-order valence-electron chi connectivity index (χ0n) is 13.9. The number of aromatic nitrogens is 1. The van der Waals surface area contributed by atoms with E-state index in [2.05, 4.69) is 5.16 Å². The molecular weight excluding hydrogens is 402 g/mol. The normalized spacial score (nSPS) is 11.6. The van der Waals surface area contributed by atoms with Crippen molar-refractivity contribution in [2.24, 2.45) is 5.14 Å². The summed E-state index contributed by atoms with van der Waals surface area (Å²) in [7, 11) is -2.80. The quantitative estimate of drug-likeness (QED) is 0.682. The number of hydrogen-bond donors (Lipinski definition) is 1. The number of nitrogens with zero attached hydrogens (tertiary/aromatic N) is 1. The molecule has 0 radical (unpaired) electrons. The van der Waals surface area contributed by atoms with Crippen molar-refractivity contribution in [3.63, 3.8) is 0 Å². The van der Waals surface area contributed by atoms with E-state index >= 15 is 0 Å². The maximum Gasteiger partial charge on any atom is 0.240 e. The first kappa shape index (κ1) is 19.3. The lowest BCUT2D eigenvalue weighted by molar-refractivity contribution is 0.332. The fraction of sp³-hybridized carbons (Fsp3) is 0.118. The summed E-state index contributed by atoms with van der Waals surface area (Å²) >= 11 is 6.01. The first-order valence-electron chi connectivity index (χ1n) is 7.47. The van der Waals surface area contributed by atoms with Crippen LogP contribution in [0.15, 0.2) is 45.8 Å². The number of sulfonamides is 1. The van der Waals surface area contributed by atoms with Crippen LogP contribution in [0.5, 0.6) is 5.75 Å². The number of nitrogens with two attached hydrogens (primary N) is 1. The minimum atomic E-state index is -4.23. The molecule has 0 amide bonds. The van der Waals surface area contributed by atoms with Crippen LogP contribution in [-0.4, -0.2) is 20.7 Å². The Morgan fingerprint density at radius 1 is 1.22 bits per heavy atom. The van der Waals surface area contributed by atoms with Gasteiger partial charge in [0.25, 0.3) is 0 Å². The van der Waals surface area contributed by atoms with Gasteiger partial charge in [-0.1, -0.05) is 28.9 Å². The van der Waals surface area contributed by atoms with E-state index in [9.17, 15) is 17.2 Å². The third kappa shape index (κ3) is 3.66. The molecule has 3 aromatic rings. The van der Waals surface area contributed by atoms with E-state index in [1.54, 1.807) is 18.2 Å². The highest BCUT2D eigenvalue weighted by Gasteiger charge is 2.23. The summed E-state index contributed by atoms with van der Waals surface area (Å²) in [6.07, 6.45) is 0. The topological polar surface area (TPSA) is 95.4 Å². The van der Waals surface area contributed by atoms with Gasteiger partial charge in [-0.25, -0.2) is 22.3 Å². The summed E-state index contributed by atoms with van der Waals surface area (Å²) in [5.74, 6) is -0.844. The van der Waals surface area contributed by atoms with Crippen molar-refractivity contribution in [1.29, 1.82) is 0 Å². The molecule has 0 spiro atoms. The van der Waals surface area contributed by atoms with E-state index in [0.717, 1.165) is 12.1 Å². The molecule has 0 saturated carbocycles. The van der Waals surface area contributed by atoms with Gasteiger partial charge in [0.2, 0.25) is 10.0 Å². The van der Waals surface area contributed by atoms with Gasteiger partial charge in [-0.2, -0.15) is 0 Å². The van der Waals surface area contributed by atoms with E-state index in [-0.39, 0.29) is 22.6 Å². The monoisotopic (exact) mass is 414 g/mol. The molecule has 0 aliphatic carbocycles. The SMILES string of the molecule is COc1cc(-c2noc(CF)c2-c2ccc(S(N)(=O)=O)c(F)c2)ccc1Cl. The summed E-state index contributed by atoms with van der Waals surface area (Å²) in [5, 5.41) is 9.19. The number of alkyl halides is 1. The first-order chi connectivity index (χ1) is 12.8. The summed E-state index contributed by atoms with van der Waals surface area (Å²) in [6.45, 7) is -0.994. The van der Waals surface area contributed by atoms with Crippen molar-refractivity contribution in [3.8, 4) is 28.1 Å². The van der Waals surface area contributed by atoms with Gasteiger partial charge in [0.15, 0.2) is 12.4 Å². The molecule has 27 heavy (non-hydrogen) atoms. The molecule has 1 heterocycles.